The lowest BCUT2D eigenvalue weighted by Gasteiger charge is -2.38. The van der Waals surface area contributed by atoms with Crippen LogP contribution in [0.15, 0.2) is 36.7 Å². The summed E-state index contributed by atoms with van der Waals surface area (Å²) in [7, 11) is 1.66. The molecule has 0 saturated carbocycles. The maximum absolute atomic E-state index is 12.5. The molecule has 1 saturated heterocycles. The van der Waals surface area contributed by atoms with Crippen molar-refractivity contribution in [3.63, 3.8) is 0 Å². The van der Waals surface area contributed by atoms with E-state index in [0.29, 0.717) is 6.54 Å². The Balaban J connectivity index is 1.81. The number of hydrogen-bond acceptors (Lipinski definition) is 6. The first-order valence-corrected chi connectivity index (χ1v) is 8.34. The number of nitrogens with one attached hydrogen (secondary N) is 2. The van der Waals surface area contributed by atoms with E-state index >= 15 is 0 Å². The number of aromatic nitrogens is 2. The molecule has 2 heterocycles. The molecule has 0 unspecified atom stereocenters. The summed E-state index contributed by atoms with van der Waals surface area (Å²) in [6.45, 7) is 2.32. The molecule has 4 N–H and O–H groups in total. The van der Waals surface area contributed by atoms with Crippen LogP contribution in [-0.2, 0) is 5.41 Å². The molecule has 25 heavy (non-hydrogen) atoms. The van der Waals surface area contributed by atoms with Crippen molar-refractivity contribution >= 4 is 11.7 Å². The van der Waals surface area contributed by atoms with Crippen LogP contribution in [0, 0.1) is 0 Å². The number of carbonyl (C=O) groups excluding carboxylic acids is 1. The van der Waals surface area contributed by atoms with Gasteiger partial charge in [0.05, 0.1) is 7.11 Å². The summed E-state index contributed by atoms with van der Waals surface area (Å²) in [4.78, 5) is 20.4. The van der Waals surface area contributed by atoms with Gasteiger partial charge in [0.1, 0.15) is 5.75 Å². The van der Waals surface area contributed by atoms with Crippen LogP contribution in [0.5, 0.6) is 5.75 Å². The number of rotatable bonds is 5. The summed E-state index contributed by atoms with van der Waals surface area (Å²) in [6.07, 6.45) is 4.79. The van der Waals surface area contributed by atoms with Crippen LogP contribution in [0.2, 0.25) is 0 Å². The Kier molecular flexibility index (Phi) is 5.14. The number of piperidine rings is 1. The molecule has 3 rings (SSSR count). The van der Waals surface area contributed by atoms with Gasteiger partial charge in [-0.1, -0.05) is 12.1 Å². The highest BCUT2D eigenvalue weighted by Crippen LogP contribution is 2.34. The zero-order valence-electron chi connectivity index (χ0n) is 14.3. The van der Waals surface area contributed by atoms with Crippen LogP contribution in [0.1, 0.15) is 28.9 Å². The van der Waals surface area contributed by atoms with Gasteiger partial charge in [-0.2, -0.15) is 0 Å². The molecule has 1 amide bonds. The van der Waals surface area contributed by atoms with E-state index < -0.39 is 0 Å². The van der Waals surface area contributed by atoms with E-state index in [-0.39, 0.29) is 22.8 Å². The molecule has 1 aliphatic heterocycles. The first kappa shape index (κ1) is 17.2. The van der Waals surface area contributed by atoms with Gasteiger partial charge < -0.3 is 21.1 Å². The second kappa shape index (κ2) is 7.48. The minimum absolute atomic E-state index is 0.140. The van der Waals surface area contributed by atoms with E-state index in [2.05, 4.69) is 26.7 Å². The topological polar surface area (TPSA) is 102 Å². The second-order valence-corrected chi connectivity index (χ2v) is 6.24. The number of nitrogens with two attached hydrogens (primary N) is 1. The first-order chi connectivity index (χ1) is 12.1. The molecule has 1 fully saturated rings. The molecule has 0 atom stereocenters. The zero-order valence-corrected chi connectivity index (χ0v) is 14.3. The number of nitrogen functional groups attached to an aromatic ring is 1. The monoisotopic (exact) mass is 341 g/mol. The van der Waals surface area contributed by atoms with E-state index in [0.717, 1.165) is 31.7 Å². The lowest BCUT2D eigenvalue weighted by atomic mass is 9.73. The van der Waals surface area contributed by atoms with Gasteiger partial charge in [-0.25, -0.2) is 9.97 Å². The maximum atomic E-state index is 12.5. The van der Waals surface area contributed by atoms with Gasteiger partial charge in [0, 0.05) is 24.4 Å². The number of nitrogens with zero attached hydrogens (tertiary/aromatic N) is 2. The number of methoxy groups -OCH3 is 1. The lowest BCUT2D eigenvalue weighted by molar-refractivity contribution is 0.0933. The lowest BCUT2D eigenvalue weighted by Crippen LogP contribution is -2.47. The van der Waals surface area contributed by atoms with Crippen molar-refractivity contribution in [1.29, 1.82) is 0 Å². The summed E-state index contributed by atoms with van der Waals surface area (Å²) in [5, 5.41) is 6.38. The van der Waals surface area contributed by atoms with E-state index in [9.17, 15) is 4.79 Å². The fourth-order valence-corrected chi connectivity index (χ4v) is 3.28. The quantitative estimate of drug-likeness (QED) is 0.753. The minimum atomic E-state index is -0.300. The summed E-state index contributed by atoms with van der Waals surface area (Å²) < 4.78 is 5.36. The highest BCUT2D eigenvalue weighted by molar-refractivity contribution is 5.96. The fourth-order valence-electron chi connectivity index (χ4n) is 3.28. The molecule has 7 heteroatoms. The van der Waals surface area contributed by atoms with E-state index in [1.165, 1.54) is 18.0 Å². The molecule has 0 spiro atoms. The highest BCUT2D eigenvalue weighted by atomic mass is 16.5. The molecule has 7 nitrogen and oxygen atoms in total. The maximum Gasteiger partial charge on any atom is 0.273 e. The Bertz CT molecular complexity index is 744. The van der Waals surface area contributed by atoms with Crippen LogP contribution in [0.3, 0.4) is 0 Å². The fraction of sp³-hybridized carbons (Fsp3) is 0.389. The van der Waals surface area contributed by atoms with Gasteiger partial charge in [0.25, 0.3) is 5.91 Å². The Morgan fingerprint density at radius 1 is 1.32 bits per heavy atom. The highest BCUT2D eigenvalue weighted by Gasteiger charge is 2.35. The second-order valence-electron chi connectivity index (χ2n) is 6.24. The first-order valence-electron chi connectivity index (χ1n) is 8.34. The van der Waals surface area contributed by atoms with Crippen molar-refractivity contribution in [2.75, 3.05) is 32.5 Å². The Labute approximate surface area is 147 Å². The number of hydrogen-bond donors (Lipinski definition) is 3. The van der Waals surface area contributed by atoms with Crippen LogP contribution in [-0.4, -0.2) is 42.6 Å². The van der Waals surface area contributed by atoms with E-state index in [1.54, 1.807) is 7.11 Å². The summed E-state index contributed by atoms with van der Waals surface area (Å²) in [5.41, 5.74) is 6.94. The zero-order chi connectivity index (χ0) is 17.7. The van der Waals surface area contributed by atoms with Crippen molar-refractivity contribution in [3.8, 4) is 5.75 Å². The summed E-state index contributed by atoms with van der Waals surface area (Å²) in [5.74, 6) is 0.659. The Morgan fingerprint density at radius 3 is 2.80 bits per heavy atom. The molecule has 0 bridgehead atoms. The molecule has 0 aliphatic carbocycles. The van der Waals surface area contributed by atoms with Gasteiger partial charge in [0.2, 0.25) is 0 Å². The predicted molar refractivity (Wildman–Crippen MR) is 95.6 cm³/mol. The number of anilines is 1. The molecule has 0 radical (unpaired) electrons. The molecular weight excluding hydrogens is 318 g/mol. The van der Waals surface area contributed by atoms with Gasteiger partial charge >= 0.3 is 0 Å². The van der Waals surface area contributed by atoms with Crippen molar-refractivity contribution in [3.05, 3.63) is 47.9 Å². The van der Waals surface area contributed by atoms with Gasteiger partial charge in [-0.15, -0.1) is 0 Å². The van der Waals surface area contributed by atoms with Crippen LogP contribution in [0.4, 0.5) is 5.82 Å². The third kappa shape index (κ3) is 3.71. The van der Waals surface area contributed by atoms with Crippen molar-refractivity contribution in [1.82, 2.24) is 20.6 Å². The largest absolute Gasteiger partial charge is 0.497 e. The normalized spacial score (nSPS) is 16.2. The van der Waals surface area contributed by atoms with Crippen molar-refractivity contribution < 1.29 is 9.53 Å². The van der Waals surface area contributed by atoms with Gasteiger partial charge in [-0.3, -0.25) is 4.79 Å². The summed E-state index contributed by atoms with van der Waals surface area (Å²) in [6, 6.07) is 8.06. The third-order valence-corrected chi connectivity index (χ3v) is 4.77. The number of benzene rings is 1. The number of carbonyl (C=O) groups is 1. The Morgan fingerprint density at radius 2 is 2.08 bits per heavy atom. The van der Waals surface area contributed by atoms with Crippen LogP contribution >= 0.6 is 0 Å². The average Bonchev–Trinajstić information content (AvgIpc) is 2.67. The van der Waals surface area contributed by atoms with Crippen molar-refractivity contribution in [2.45, 2.75) is 18.3 Å². The number of amides is 1. The minimum Gasteiger partial charge on any atom is -0.497 e. The third-order valence-electron chi connectivity index (χ3n) is 4.77. The van der Waals surface area contributed by atoms with Gasteiger partial charge in [-0.05, 0) is 43.6 Å². The SMILES string of the molecule is COc1cccc(C2(CNC(=O)c3nccnc3N)CCNCC2)c1. The van der Waals surface area contributed by atoms with Crippen LogP contribution in [0.25, 0.3) is 0 Å². The van der Waals surface area contributed by atoms with E-state index in [1.807, 2.05) is 18.2 Å². The molecule has 1 aromatic carbocycles. The predicted octanol–water partition coefficient (Wildman–Crippen LogP) is 1.12. The number of ether oxygens (including phenoxy) is 1. The molecule has 1 aliphatic rings. The van der Waals surface area contributed by atoms with Crippen molar-refractivity contribution in [2.24, 2.45) is 0 Å². The Hall–Kier alpha value is -2.67. The van der Waals surface area contributed by atoms with Crippen LogP contribution < -0.4 is 21.1 Å². The molecule has 2 aromatic rings. The molecule has 132 valence electrons. The molecule has 1 aromatic heterocycles. The standard InChI is InChI=1S/C18H23N5O2/c1-25-14-4-2-3-13(11-14)18(5-7-20-8-6-18)12-23-17(24)15-16(19)22-10-9-21-15/h2-4,9-11,20H,5-8,12H2,1H3,(H2,19,22)(H,23,24). The van der Waals surface area contributed by atoms with E-state index in [4.69, 9.17) is 10.5 Å². The van der Waals surface area contributed by atoms with Gasteiger partial charge in [0.15, 0.2) is 11.5 Å². The molecular formula is C18H23N5O2. The summed E-state index contributed by atoms with van der Waals surface area (Å²) >= 11 is 0. The average molecular weight is 341 g/mol. The smallest absolute Gasteiger partial charge is 0.273 e.